The van der Waals surface area contributed by atoms with E-state index in [-0.39, 0.29) is 0 Å². The normalized spacial score (nSPS) is 28.6. The molecule has 0 aromatic rings. The predicted molar refractivity (Wildman–Crippen MR) is 56.8 cm³/mol. The van der Waals surface area contributed by atoms with Crippen LogP contribution in [0.1, 0.15) is 25.7 Å². The smallest absolute Gasteiger partial charge is 0.0219 e. The van der Waals surface area contributed by atoms with Gasteiger partial charge in [-0.2, -0.15) is 0 Å². The Kier molecular flexibility index (Phi) is 4.70. The Morgan fingerprint density at radius 3 is 2.69 bits per heavy atom. The fourth-order valence-electron chi connectivity index (χ4n) is 1.92. The first-order chi connectivity index (χ1) is 6.20. The minimum atomic E-state index is 0.402. The van der Waals surface area contributed by atoms with Gasteiger partial charge in [0.1, 0.15) is 0 Å². The summed E-state index contributed by atoms with van der Waals surface area (Å²) in [6.45, 7) is 2.27. The number of hydrogen-bond acceptors (Lipinski definition) is 3. The molecule has 2 unspecified atom stereocenters. The van der Waals surface area contributed by atoms with Gasteiger partial charge in [0.25, 0.3) is 0 Å². The molecule has 0 amide bonds. The number of nitrogens with two attached hydrogens (primary N) is 1. The van der Waals surface area contributed by atoms with Gasteiger partial charge in [0.05, 0.1) is 0 Å². The summed E-state index contributed by atoms with van der Waals surface area (Å²) in [4.78, 5) is 2.22. The number of hydrogen-bond donors (Lipinski definition) is 2. The lowest BCUT2D eigenvalue weighted by molar-refractivity contribution is 0.381. The van der Waals surface area contributed by atoms with Gasteiger partial charge in [-0.3, -0.25) is 0 Å². The van der Waals surface area contributed by atoms with Crippen molar-refractivity contribution in [3.8, 4) is 0 Å². The SMILES string of the molecule is CN(C)CCCNC1CCCC1N. The molecular weight excluding hydrogens is 162 g/mol. The van der Waals surface area contributed by atoms with Gasteiger partial charge in [-0.15, -0.1) is 0 Å². The maximum atomic E-state index is 5.95. The highest BCUT2D eigenvalue weighted by atomic mass is 15.1. The lowest BCUT2D eigenvalue weighted by atomic mass is 10.2. The summed E-state index contributed by atoms with van der Waals surface area (Å²) in [5, 5.41) is 3.54. The first-order valence-electron chi connectivity index (χ1n) is 5.34. The molecule has 0 radical (unpaired) electrons. The molecule has 1 rings (SSSR count). The molecule has 1 fully saturated rings. The van der Waals surface area contributed by atoms with Crippen LogP contribution in [0, 0.1) is 0 Å². The van der Waals surface area contributed by atoms with E-state index >= 15 is 0 Å². The summed E-state index contributed by atoms with van der Waals surface area (Å²) in [5.74, 6) is 0. The second-order valence-electron chi connectivity index (χ2n) is 4.31. The molecule has 2 atom stereocenters. The molecule has 0 bridgehead atoms. The third kappa shape index (κ3) is 4.07. The highest BCUT2D eigenvalue weighted by molar-refractivity contribution is 4.85. The first kappa shape index (κ1) is 11.0. The van der Waals surface area contributed by atoms with E-state index < -0.39 is 0 Å². The zero-order valence-electron chi connectivity index (χ0n) is 8.92. The number of nitrogens with one attached hydrogen (secondary N) is 1. The maximum absolute atomic E-state index is 5.95. The van der Waals surface area contributed by atoms with Crippen LogP contribution in [0.15, 0.2) is 0 Å². The van der Waals surface area contributed by atoms with Gasteiger partial charge in [-0.1, -0.05) is 6.42 Å². The molecule has 1 aliphatic rings. The summed E-state index contributed by atoms with van der Waals surface area (Å²) in [6, 6.07) is 0.988. The summed E-state index contributed by atoms with van der Waals surface area (Å²) in [6.07, 6.45) is 4.98. The molecule has 1 saturated carbocycles. The molecule has 3 heteroatoms. The zero-order chi connectivity index (χ0) is 9.68. The summed E-state index contributed by atoms with van der Waals surface area (Å²) in [5.41, 5.74) is 5.95. The Morgan fingerprint density at radius 1 is 1.38 bits per heavy atom. The molecule has 3 nitrogen and oxygen atoms in total. The van der Waals surface area contributed by atoms with Crippen molar-refractivity contribution < 1.29 is 0 Å². The van der Waals surface area contributed by atoms with Gasteiger partial charge in [-0.25, -0.2) is 0 Å². The quantitative estimate of drug-likeness (QED) is 0.610. The van der Waals surface area contributed by atoms with Crippen molar-refractivity contribution in [2.24, 2.45) is 5.73 Å². The van der Waals surface area contributed by atoms with Gasteiger partial charge in [0.2, 0.25) is 0 Å². The third-order valence-corrected chi connectivity index (χ3v) is 2.76. The molecule has 0 spiro atoms. The van der Waals surface area contributed by atoms with E-state index in [1.165, 1.54) is 25.7 Å². The Hall–Kier alpha value is -0.120. The minimum Gasteiger partial charge on any atom is -0.326 e. The fourth-order valence-corrected chi connectivity index (χ4v) is 1.92. The van der Waals surface area contributed by atoms with Crippen molar-refractivity contribution >= 4 is 0 Å². The Labute approximate surface area is 81.7 Å². The average Bonchev–Trinajstić information content (AvgIpc) is 2.45. The first-order valence-corrected chi connectivity index (χ1v) is 5.34. The van der Waals surface area contributed by atoms with E-state index in [4.69, 9.17) is 5.73 Å². The largest absolute Gasteiger partial charge is 0.326 e. The van der Waals surface area contributed by atoms with Crippen LogP contribution in [0.2, 0.25) is 0 Å². The van der Waals surface area contributed by atoms with E-state index in [0.717, 1.165) is 13.1 Å². The summed E-state index contributed by atoms with van der Waals surface area (Å²) < 4.78 is 0. The van der Waals surface area contributed by atoms with Crippen molar-refractivity contribution in [2.45, 2.75) is 37.8 Å². The Morgan fingerprint density at radius 2 is 2.15 bits per heavy atom. The van der Waals surface area contributed by atoms with Crippen LogP contribution in [0.4, 0.5) is 0 Å². The van der Waals surface area contributed by atoms with Gasteiger partial charge in [0, 0.05) is 12.1 Å². The molecule has 13 heavy (non-hydrogen) atoms. The number of rotatable bonds is 5. The van der Waals surface area contributed by atoms with Crippen LogP contribution in [0.5, 0.6) is 0 Å². The molecular formula is C10H23N3. The van der Waals surface area contributed by atoms with Gasteiger partial charge < -0.3 is 16.0 Å². The summed E-state index contributed by atoms with van der Waals surface area (Å²) >= 11 is 0. The second kappa shape index (κ2) is 5.58. The van der Waals surface area contributed by atoms with Crippen molar-refractivity contribution in [3.05, 3.63) is 0 Å². The standard InChI is InChI=1S/C10H23N3/c1-13(2)8-4-7-12-10-6-3-5-9(10)11/h9-10,12H,3-8,11H2,1-2H3. The maximum Gasteiger partial charge on any atom is 0.0219 e. The molecule has 78 valence electrons. The van der Waals surface area contributed by atoms with Crippen LogP contribution in [-0.2, 0) is 0 Å². The van der Waals surface area contributed by atoms with E-state index in [2.05, 4.69) is 24.3 Å². The highest BCUT2D eigenvalue weighted by Gasteiger charge is 2.22. The second-order valence-corrected chi connectivity index (χ2v) is 4.31. The fraction of sp³-hybridized carbons (Fsp3) is 1.00. The van der Waals surface area contributed by atoms with E-state index in [1.807, 2.05) is 0 Å². The Balaban J connectivity index is 1.99. The minimum absolute atomic E-state index is 0.402. The van der Waals surface area contributed by atoms with Crippen LogP contribution in [0.3, 0.4) is 0 Å². The topological polar surface area (TPSA) is 41.3 Å². The summed E-state index contributed by atoms with van der Waals surface area (Å²) in [7, 11) is 4.22. The predicted octanol–water partition coefficient (Wildman–Crippen LogP) is 0.408. The molecule has 1 aliphatic carbocycles. The monoisotopic (exact) mass is 185 g/mol. The average molecular weight is 185 g/mol. The molecule has 3 N–H and O–H groups in total. The van der Waals surface area contributed by atoms with Crippen molar-refractivity contribution in [1.29, 1.82) is 0 Å². The highest BCUT2D eigenvalue weighted by Crippen LogP contribution is 2.16. The van der Waals surface area contributed by atoms with E-state index in [0.29, 0.717) is 12.1 Å². The Bertz CT molecular complexity index is 136. The molecule has 0 heterocycles. The molecule has 0 saturated heterocycles. The van der Waals surface area contributed by atoms with E-state index in [1.54, 1.807) is 0 Å². The number of nitrogens with zero attached hydrogens (tertiary/aromatic N) is 1. The van der Waals surface area contributed by atoms with Crippen LogP contribution < -0.4 is 11.1 Å². The van der Waals surface area contributed by atoms with Gasteiger partial charge in [0.15, 0.2) is 0 Å². The third-order valence-electron chi connectivity index (χ3n) is 2.76. The lowest BCUT2D eigenvalue weighted by Gasteiger charge is -2.17. The van der Waals surface area contributed by atoms with E-state index in [9.17, 15) is 0 Å². The van der Waals surface area contributed by atoms with Crippen molar-refractivity contribution in [2.75, 3.05) is 27.2 Å². The van der Waals surface area contributed by atoms with Crippen molar-refractivity contribution in [3.63, 3.8) is 0 Å². The van der Waals surface area contributed by atoms with Gasteiger partial charge in [-0.05, 0) is 46.4 Å². The lowest BCUT2D eigenvalue weighted by Crippen LogP contribution is -2.41. The molecule has 0 aliphatic heterocycles. The van der Waals surface area contributed by atoms with Crippen LogP contribution in [-0.4, -0.2) is 44.2 Å². The zero-order valence-corrected chi connectivity index (χ0v) is 8.92. The van der Waals surface area contributed by atoms with Crippen molar-refractivity contribution in [1.82, 2.24) is 10.2 Å². The van der Waals surface area contributed by atoms with Crippen LogP contribution in [0.25, 0.3) is 0 Å². The molecule has 0 aromatic carbocycles. The van der Waals surface area contributed by atoms with Gasteiger partial charge >= 0.3 is 0 Å². The molecule has 0 aromatic heterocycles. The van der Waals surface area contributed by atoms with Crippen LogP contribution >= 0.6 is 0 Å².